The van der Waals surface area contributed by atoms with Gasteiger partial charge in [0.25, 0.3) is 5.91 Å². The molecule has 3 heterocycles. The Morgan fingerprint density at radius 1 is 1.21 bits per heavy atom. The maximum Gasteiger partial charge on any atom is 0.419 e. The molecule has 0 N–H and O–H groups in total. The number of carbonyl (C=O) groups is 1. The summed E-state index contributed by atoms with van der Waals surface area (Å²) in [6, 6.07) is 2.25. The average Bonchev–Trinajstić information content (AvgIpc) is 2.61. The van der Waals surface area contributed by atoms with Crippen LogP contribution in [0.5, 0.6) is 0 Å². The Balaban J connectivity index is 1.75. The zero-order valence-electron chi connectivity index (χ0n) is 13.0. The molecule has 1 aromatic rings. The number of nitrogens with zero attached hydrogens (tertiary/aromatic N) is 3. The Morgan fingerprint density at radius 3 is 2.67 bits per heavy atom. The molecule has 0 saturated carbocycles. The molecule has 132 valence electrons. The Labute approximate surface area is 137 Å². The van der Waals surface area contributed by atoms with Crippen molar-refractivity contribution >= 4 is 11.7 Å². The number of anilines is 1. The highest BCUT2D eigenvalue weighted by Gasteiger charge is 2.38. The molecule has 3 rings (SSSR count). The maximum atomic E-state index is 13.2. The molecule has 0 bridgehead atoms. The fraction of sp³-hybridized carbons (Fsp3) is 0.600. The molecular weight excluding hydrogens is 327 g/mol. The normalized spacial score (nSPS) is 22.5. The molecule has 2 fully saturated rings. The van der Waals surface area contributed by atoms with Crippen LogP contribution in [0.2, 0.25) is 0 Å². The van der Waals surface area contributed by atoms with Crippen LogP contribution in [0, 0.1) is 0 Å². The third-order valence-electron chi connectivity index (χ3n) is 4.06. The van der Waals surface area contributed by atoms with Crippen molar-refractivity contribution in [1.82, 2.24) is 9.88 Å². The number of halogens is 3. The van der Waals surface area contributed by atoms with Crippen molar-refractivity contribution < 1.29 is 27.4 Å². The molecule has 0 aromatic carbocycles. The van der Waals surface area contributed by atoms with E-state index in [-0.39, 0.29) is 31.4 Å². The van der Waals surface area contributed by atoms with E-state index in [1.807, 2.05) is 0 Å². The predicted octanol–water partition coefficient (Wildman–Crippen LogP) is 1.16. The molecule has 2 saturated heterocycles. The van der Waals surface area contributed by atoms with Crippen LogP contribution in [0.3, 0.4) is 0 Å². The lowest BCUT2D eigenvalue weighted by Crippen LogP contribution is -2.53. The number of pyridine rings is 1. The Bertz CT molecular complexity index is 591. The molecule has 2 aliphatic heterocycles. The van der Waals surface area contributed by atoms with Crippen molar-refractivity contribution in [1.29, 1.82) is 0 Å². The Hall–Kier alpha value is -1.87. The minimum atomic E-state index is -4.49. The molecule has 9 heteroatoms. The van der Waals surface area contributed by atoms with Gasteiger partial charge in [-0.1, -0.05) is 0 Å². The van der Waals surface area contributed by atoms with Gasteiger partial charge in [-0.15, -0.1) is 0 Å². The minimum absolute atomic E-state index is 0.0519. The van der Waals surface area contributed by atoms with Gasteiger partial charge in [-0.25, -0.2) is 4.98 Å². The van der Waals surface area contributed by atoms with Crippen LogP contribution in [0.4, 0.5) is 19.0 Å². The summed E-state index contributed by atoms with van der Waals surface area (Å²) in [4.78, 5) is 19.5. The average molecular weight is 345 g/mol. The van der Waals surface area contributed by atoms with Gasteiger partial charge in [0.1, 0.15) is 5.82 Å². The van der Waals surface area contributed by atoms with Crippen LogP contribution in [-0.2, 0) is 20.4 Å². The number of carbonyl (C=O) groups excluding carboxylic acids is 1. The predicted molar refractivity (Wildman–Crippen MR) is 78.6 cm³/mol. The fourth-order valence-electron chi connectivity index (χ4n) is 2.85. The van der Waals surface area contributed by atoms with Gasteiger partial charge in [0, 0.05) is 25.8 Å². The maximum absolute atomic E-state index is 13.2. The first-order chi connectivity index (χ1) is 11.5. The van der Waals surface area contributed by atoms with Gasteiger partial charge in [-0.05, 0) is 12.1 Å². The third kappa shape index (κ3) is 3.62. The van der Waals surface area contributed by atoms with Crippen molar-refractivity contribution in [2.75, 3.05) is 50.9 Å². The van der Waals surface area contributed by atoms with Crippen molar-refractivity contribution in [3.05, 3.63) is 23.9 Å². The van der Waals surface area contributed by atoms with Crippen molar-refractivity contribution in [2.45, 2.75) is 12.3 Å². The van der Waals surface area contributed by atoms with Crippen LogP contribution in [0.1, 0.15) is 5.56 Å². The zero-order chi connectivity index (χ0) is 17.2. The summed E-state index contributed by atoms with van der Waals surface area (Å²) >= 11 is 0. The lowest BCUT2D eigenvalue weighted by Gasteiger charge is -2.37. The van der Waals surface area contributed by atoms with E-state index < -0.39 is 17.8 Å². The molecule has 6 nitrogen and oxygen atoms in total. The van der Waals surface area contributed by atoms with Crippen LogP contribution < -0.4 is 4.90 Å². The number of rotatable bonds is 2. The van der Waals surface area contributed by atoms with Crippen molar-refractivity contribution in [3.8, 4) is 0 Å². The molecule has 0 aliphatic carbocycles. The molecular formula is C15H18F3N3O3. The minimum Gasteiger partial charge on any atom is -0.378 e. The lowest BCUT2D eigenvalue weighted by atomic mass is 10.2. The molecule has 24 heavy (non-hydrogen) atoms. The number of ether oxygens (including phenoxy) is 2. The quantitative estimate of drug-likeness (QED) is 0.805. The summed E-state index contributed by atoms with van der Waals surface area (Å²) in [5.74, 6) is -0.374. The highest BCUT2D eigenvalue weighted by Crippen LogP contribution is 2.35. The summed E-state index contributed by atoms with van der Waals surface area (Å²) in [5.41, 5.74) is -0.801. The van der Waals surface area contributed by atoms with Crippen LogP contribution >= 0.6 is 0 Å². The van der Waals surface area contributed by atoms with Gasteiger partial charge >= 0.3 is 6.18 Å². The summed E-state index contributed by atoms with van der Waals surface area (Å²) in [7, 11) is 0. The van der Waals surface area contributed by atoms with E-state index in [1.54, 1.807) is 4.90 Å². The van der Waals surface area contributed by atoms with Gasteiger partial charge in [-0.2, -0.15) is 13.2 Å². The molecule has 2 aliphatic rings. The number of alkyl halides is 3. The van der Waals surface area contributed by atoms with Gasteiger partial charge in [0.15, 0.2) is 6.10 Å². The Kier molecular flexibility index (Phi) is 4.91. The zero-order valence-corrected chi connectivity index (χ0v) is 13.0. The summed E-state index contributed by atoms with van der Waals surface area (Å²) < 4.78 is 50.2. The Morgan fingerprint density at radius 2 is 1.96 bits per heavy atom. The SMILES string of the molecule is O=C(C1CN(c2ncccc2C(F)(F)F)CCO1)N1CCOCC1. The van der Waals surface area contributed by atoms with Gasteiger partial charge in [-0.3, -0.25) is 4.79 Å². The summed E-state index contributed by atoms with van der Waals surface area (Å²) in [6.45, 7) is 2.34. The van der Waals surface area contributed by atoms with E-state index in [0.717, 1.165) is 6.07 Å². The molecule has 0 radical (unpaired) electrons. The number of hydrogen-bond donors (Lipinski definition) is 0. The van der Waals surface area contributed by atoms with Gasteiger partial charge in [0.05, 0.1) is 31.9 Å². The first kappa shape index (κ1) is 17.0. The fourth-order valence-corrected chi connectivity index (χ4v) is 2.85. The van der Waals surface area contributed by atoms with E-state index in [2.05, 4.69) is 4.98 Å². The van der Waals surface area contributed by atoms with Crippen LogP contribution in [0.15, 0.2) is 18.3 Å². The first-order valence-electron chi connectivity index (χ1n) is 7.72. The monoisotopic (exact) mass is 345 g/mol. The smallest absolute Gasteiger partial charge is 0.378 e. The second-order valence-corrected chi connectivity index (χ2v) is 5.62. The molecule has 1 unspecified atom stereocenters. The van der Waals surface area contributed by atoms with Crippen molar-refractivity contribution in [3.63, 3.8) is 0 Å². The van der Waals surface area contributed by atoms with Crippen LogP contribution in [-0.4, -0.2) is 67.9 Å². The molecule has 1 aromatic heterocycles. The second kappa shape index (κ2) is 6.94. The molecule has 1 amide bonds. The largest absolute Gasteiger partial charge is 0.419 e. The van der Waals surface area contributed by atoms with E-state index >= 15 is 0 Å². The molecule has 1 atom stereocenters. The number of hydrogen-bond acceptors (Lipinski definition) is 5. The van der Waals surface area contributed by atoms with E-state index in [1.165, 1.54) is 17.2 Å². The standard InChI is InChI=1S/C15H18F3N3O3/c16-15(17,18)11-2-1-3-19-13(11)21-6-9-24-12(10-21)14(22)20-4-7-23-8-5-20/h1-3,12H,4-10H2. The highest BCUT2D eigenvalue weighted by molar-refractivity contribution is 5.82. The van der Waals surface area contributed by atoms with Crippen LogP contribution in [0.25, 0.3) is 0 Å². The highest BCUT2D eigenvalue weighted by atomic mass is 19.4. The summed E-state index contributed by atoms with van der Waals surface area (Å²) in [6.07, 6.45) is -3.97. The number of aromatic nitrogens is 1. The van der Waals surface area contributed by atoms with E-state index in [9.17, 15) is 18.0 Å². The van der Waals surface area contributed by atoms with Crippen molar-refractivity contribution in [2.24, 2.45) is 0 Å². The summed E-state index contributed by atoms with van der Waals surface area (Å²) in [5, 5.41) is 0. The number of amides is 1. The second-order valence-electron chi connectivity index (χ2n) is 5.62. The van der Waals surface area contributed by atoms with E-state index in [0.29, 0.717) is 26.3 Å². The number of morpholine rings is 2. The van der Waals surface area contributed by atoms with Gasteiger partial charge < -0.3 is 19.3 Å². The topological polar surface area (TPSA) is 54.9 Å². The first-order valence-corrected chi connectivity index (χ1v) is 7.72. The molecule has 0 spiro atoms. The van der Waals surface area contributed by atoms with E-state index in [4.69, 9.17) is 9.47 Å². The van der Waals surface area contributed by atoms with Gasteiger partial charge in [0.2, 0.25) is 0 Å². The lowest BCUT2D eigenvalue weighted by molar-refractivity contribution is -0.148. The third-order valence-corrected chi connectivity index (χ3v) is 4.06.